The van der Waals surface area contributed by atoms with Crippen LogP contribution in [-0.2, 0) is 42.1 Å². The maximum absolute atomic E-state index is 12.5. The molecule has 0 aliphatic heterocycles. The van der Waals surface area contributed by atoms with Gasteiger partial charge in [-0.05, 0) is 34.4 Å². The molecule has 6 heteroatoms. The van der Waals surface area contributed by atoms with E-state index in [0.717, 1.165) is 41.7 Å². The molecule has 0 amide bonds. The molecule has 0 spiro atoms. The van der Waals surface area contributed by atoms with Crippen molar-refractivity contribution < 1.29 is 29.0 Å². The summed E-state index contributed by atoms with van der Waals surface area (Å²) in [7, 11) is 0. The van der Waals surface area contributed by atoms with E-state index in [1.165, 1.54) is 11.1 Å². The van der Waals surface area contributed by atoms with E-state index < -0.39 is 0 Å². The molecule has 0 unspecified atom stereocenters. The van der Waals surface area contributed by atoms with E-state index >= 15 is 0 Å². The van der Waals surface area contributed by atoms with Crippen LogP contribution in [0, 0.1) is 3.73 Å². The Labute approximate surface area is 281 Å². The number of allylic oxidation sites excluding steroid dienone is 10. The van der Waals surface area contributed by atoms with Gasteiger partial charge in [0.25, 0.3) is 0 Å². The Hall–Kier alpha value is -5.34. The zero-order valence-electron chi connectivity index (χ0n) is 25.3. The molecular weight excluding hydrogens is 650 g/mol. The number of benzene rings is 4. The molecular formula is C40H34MoN3O2. The van der Waals surface area contributed by atoms with Gasteiger partial charge in [-0.2, -0.15) is 0 Å². The number of carbonyl (C=O) groups is 2. The third-order valence-corrected chi connectivity index (χ3v) is 7.07. The molecule has 2 aliphatic carbocycles. The van der Waals surface area contributed by atoms with Crippen LogP contribution in [0.25, 0.3) is 11.1 Å². The molecule has 2 aliphatic rings. The molecule has 0 saturated carbocycles. The van der Waals surface area contributed by atoms with E-state index in [1.54, 1.807) is 12.4 Å². The summed E-state index contributed by atoms with van der Waals surface area (Å²) in [4.78, 5) is 25.1. The molecule has 0 aromatic heterocycles. The first-order valence-electron chi connectivity index (χ1n) is 14.8. The van der Waals surface area contributed by atoms with Gasteiger partial charge >= 0.3 is 23.2 Å². The fourth-order valence-corrected chi connectivity index (χ4v) is 4.78. The van der Waals surface area contributed by atoms with Gasteiger partial charge in [0, 0.05) is 47.8 Å². The summed E-state index contributed by atoms with van der Waals surface area (Å²) in [5.41, 5.74) is 7.09. The van der Waals surface area contributed by atoms with Crippen molar-refractivity contribution in [1.29, 1.82) is 3.73 Å². The van der Waals surface area contributed by atoms with Crippen molar-refractivity contribution in [3.63, 3.8) is 0 Å². The van der Waals surface area contributed by atoms with E-state index in [9.17, 15) is 9.59 Å². The first-order chi connectivity index (χ1) is 22.7. The van der Waals surface area contributed by atoms with Crippen LogP contribution < -0.4 is 10.6 Å². The molecule has 0 radical (unpaired) electrons. The van der Waals surface area contributed by atoms with Crippen LogP contribution in [0.4, 0.5) is 0 Å². The average molecular weight is 685 g/mol. The predicted molar refractivity (Wildman–Crippen MR) is 182 cm³/mol. The summed E-state index contributed by atoms with van der Waals surface area (Å²) in [5.74, 6) is 0.100. The van der Waals surface area contributed by atoms with E-state index in [2.05, 4.69) is 34.9 Å². The molecule has 0 heterocycles. The van der Waals surface area contributed by atoms with Crippen LogP contribution in [0.2, 0.25) is 0 Å². The Bertz CT molecular complexity index is 1670. The van der Waals surface area contributed by atoms with E-state index in [-0.39, 0.29) is 11.6 Å². The van der Waals surface area contributed by atoms with Crippen LogP contribution in [0.5, 0.6) is 0 Å². The maximum atomic E-state index is 12.5. The molecule has 0 fully saturated rings. The quantitative estimate of drug-likeness (QED) is 0.146. The molecule has 4 aromatic rings. The third-order valence-electron chi connectivity index (χ3n) is 7.07. The minimum absolute atomic E-state index is 0.0502. The average Bonchev–Trinajstić information content (AvgIpc) is 3.13. The normalized spacial score (nSPS) is 15.1. The fraction of sp³-hybridized carbons (Fsp3) is 0.0500. The summed E-state index contributed by atoms with van der Waals surface area (Å²) in [6.07, 6.45) is 14.8. The summed E-state index contributed by atoms with van der Waals surface area (Å²) in [6, 6.07) is 39.7. The van der Waals surface area contributed by atoms with Crippen LogP contribution in [0.3, 0.4) is 0 Å². The minimum atomic E-state index is 0.0502. The first kappa shape index (κ1) is 33.5. The molecule has 6 rings (SSSR count). The van der Waals surface area contributed by atoms with Crippen LogP contribution in [0.15, 0.2) is 181 Å². The molecule has 0 atom stereocenters. The van der Waals surface area contributed by atoms with Gasteiger partial charge in [0.05, 0.1) is 0 Å². The van der Waals surface area contributed by atoms with Crippen molar-refractivity contribution in [3.8, 4) is 0 Å². The summed E-state index contributed by atoms with van der Waals surface area (Å²) in [5, 5.41) is 6.42. The van der Waals surface area contributed by atoms with Crippen LogP contribution in [-0.4, -0.2) is 11.6 Å². The Kier molecular flexibility index (Phi) is 13.5. The second-order valence-corrected chi connectivity index (χ2v) is 10.2. The molecule has 46 heavy (non-hydrogen) atoms. The summed E-state index contributed by atoms with van der Waals surface area (Å²) >= 11 is 0.950. The number of nitrogens with one attached hydrogen (secondary N) is 2. The zero-order chi connectivity index (χ0) is 32.4. The Balaban J connectivity index is 0.000000198. The number of Topliss-reactive ketones (excluding diaryl/α,β-unsaturated/α-hetero) is 2. The van der Waals surface area contributed by atoms with Gasteiger partial charge in [-0.15, -0.1) is 0 Å². The zero-order valence-corrected chi connectivity index (χ0v) is 27.3. The Morgan fingerprint density at radius 2 is 0.826 bits per heavy atom. The summed E-state index contributed by atoms with van der Waals surface area (Å²) < 4.78 is 7.01. The van der Waals surface area contributed by atoms with Crippen molar-refractivity contribution >= 4 is 22.7 Å². The predicted octanol–water partition coefficient (Wildman–Crippen LogP) is 7.78. The monoisotopic (exact) mass is 686 g/mol. The number of carbonyl (C=O) groups excluding carboxylic acids is 2. The van der Waals surface area contributed by atoms with E-state index in [1.807, 2.05) is 134 Å². The van der Waals surface area contributed by atoms with Crippen LogP contribution >= 0.6 is 0 Å². The van der Waals surface area contributed by atoms with E-state index in [4.69, 9.17) is 3.73 Å². The Morgan fingerprint density at radius 3 is 1.17 bits per heavy atom. The first-order valence-corrected chi connectivity index (χ1v) is 15.7. The van der Waals surface area contributed by atoms with Crippen molar-refractivity contribution in [2.75, 3.05) is 0 Å². The van der Waals surface area contributed by atoms with Crippen LogP contribution in [0.1, 0.15) is 22.3 Å². The summed E-state index contributed by atoms with van der Waals surface area (Å²) in [6.45, 7) is 1.41. The molecule has 5 nitrogen and oxygen atoms in total. The van der Waals surface area contributed by atoms with Crippen molar-refractivity contribution in [1.82, 2.24) is 10.6 Å². The standard InChI is InChI=1S/2C20H17NO.Mo.N/c2*22-20-18(15-21-14-16-8-3-1-4-9-16)12-7-13-19(20)17-10-5-2-6-11-17;;/h2*1-13,15,21H,14H2;;/b2*18-15+;;. The van der Waals surface area contributed by atoms with Crippen molar-refractivity contribution in [3.05, 3.63) is 204 Å². The second kappa shape index (κ2) is 18.5. The Morgan fingerprint density at radius 1 is 0.500 bits per heavy atom. The molecule has 227 valence electrons. The SMILES string of the molecule is O=C1C(c2ccccc2)=CC=C/C1=C\NCc1ccccc1.O=C1C(c2ccccc2)=CC=C/C1=C\NCc1ccccc1.[N]#[Mo]. The van der Waals surface area contributed by atoms with E-state index in [0.29, 0.717) is 24.2 Å². The van der Waals surface area contributed by atoms with Gasteiger partial charge in [-0.1, -0.05) is 146 Å². The van der Waals surface area contributed by atoms with Crippen molar-refractivity contribution in [2.24, 2.45) is 0 Å². The van der Waals surface area contributed by atoms with Gasteiger partial charge in [0.1, 0.15) is 0 Å². The topological polar surface area (TPSA) is 82.0 Å². The van der Waals surface area contributed by atoms with Crippen molar-refractivity contribution in [2.45, 2.75) is 13.1 Å². The number of rotatable bonds is 8. The van der Waals surface area contributed by atoms with Gasteiger partial charge in [-0.3, -0.25) is 9.59 Å². The van der Waals surface area contributed by atoms with Gasteiger partial charge in [0.15, 0.2) is 11.6 Å². The number of hydrogen-bond acceptors (Lipinski definition) is 5. The molecule has 0 saturated heterocycles. The molecule has 4 aromatic carbocycles. The van der Waals surface area contributed by atoms with Gasteiger partial charge < -0.3 is 10.6 Å². The molecule has 2 N–H and O–H groups in total. The number of nitrogens with zero attached hydrogens (tertiary/aromatic N) is 1. The molecule has 0 bridgehead atoms. The number of hydrogen-bond donors (Lipinski definition) is 2. The van der Waals surface area contributed by atoms with Gasteiger partial charge in [-0.25, -0.2) is 0 Å². The fourth-order valence-electron chi connectivity index (χ4n) is 4.78. The second-order valence-electron chi connectivity index (χ2n) is 10.2. The number of ketones is 2. The van der Waals surface area contributed by atoms with Gasteiger partial charge in [0.2, 0.25) is 0 Å². The third kappa shape index (κ3) is 9.84.